The Morgan fingerprint density at radius 1 is 1.07 bits per heavy atom. The molecule has 0 saturated carbocycles. The molecule has 1 aliphatic heterocycles. The molecule has 1 unspecified atom stereocenters. The number of sulfonamides is 1. The molecule has 1 N–H and O–H groups in total. The first kappa shape index (κ1) is 21.5. The van der Waals surface area contributed by atoms with E-state index in [2.05, 4.69) is 5.32 Å². The average Bonchev–Trinajstić information content (AvgIpc) is 2.95. The van der Waals surface area contributed by atoms with Crippen LogP contribution in [-0.2, 0) is 26.2 Å². The van der Waals surface area contributed by atoms with Crippen molar-refractivity contribution in [1.29, 1.82) is 0 Å². The maximum Gasteiger partial charge on any atom is 0.269 e. The quantitative estimate of drug-likeness (QED) is 0.716. The van der Waals surface area contributed by atoms with Gasteiger partial charge in [0.25, 0.3) is 15.9 Å². The number of nitrogens with one attached hydrogen (secondary N) is 1. The minimum Gasteiger partial charge on any atom is -0.357 e. The second kappa shape index (κ2) is 8.66. The number of carbonyl (C=O) groups is 3. The van der Waals surface area contributed by atoms with Crippen molar-refractivity contribution in [2.45, 2.75) is 30.8 Å². The van der Waals surface area contributed by atoms with E-state index in [0.29, 0.717) is 10.7 Å². The van der Waals surface area contributed by atoms with Crippen molar-refractivity contribution < 1.29 is 22.8 Å². The topological polar surface area (TPSA) is 104 Å². The highest BCUT2D eigenvalue weighted by molar-refractivity contribution is 7.90. The highest BCUT2D eigenvalue weighted by Gasteiger charge is 2.43. The van der Waals surface area contributed by atoms with Crippen molar-refractivity contribution in [2.24, 2.45) is 0 Å². The summed E-state index contributed by atoms with van der Waals surface area (Å²) in [5.41, 5.74) is 0.824. The van der Waals surface area contributed by atoms with Crippen LogP contribution in [0.2, 0.25) is 0 Å². The van der Waals surface area contributed by atoms with Crippen LogP contribution in [0.15, 0.2) is 59.5 Å². The van der Waals surface area contributed by atoms with E-state index in [1.807, 2.05) is 30.3 Å². The molecule has 9 heteroatoms. The lowest BCUT2D eigenvalue weighted by Crippen LogP contribution is -2.51. The predicted octanol–water partition coefficient (Wildman–Crippen LogP) is 1.38. The third-order valence-electron chi connectivity index (χ3n) is 5.02. The summed E-state index contributed by atoms with van der Waals surface area (Å²) in [6.07, 6.45) is 0.333. The third kappa shape index (κ3) is 3.93. The third-order valence-corrected chi connectivity index (χ3v) is 6.81. The summed E-state index contributed by atoms with van der Waals surface area (Å²) in [7, 11) is -2.65. The molecule has 158 valence electrons. The van der Waals surface area contributed by atoms with Crippen LogP contribution < -0.4 is 5.32 Å². The molecule has 0 fully saturated rings. The van der Waals surface area contributed by atoms with Crippen LogP contribution in [-0.4, -0.2) is 55.0 Å². The van der Waals surface area contributed by atoms with E-state index < -0.39 is 34.4 Å². The molecule has 1 aliphatic rings. The van der Waals surface area contributed by atoms with Crippen molar-refractivity contribution >= 4 is 27.7 Å². The van der Waals surface area contributed by atoms with Crippen molar-refractivity contribution in [3.05, 3.63) is 65.7 Å². The molecule has 1 heterocycles. The van der Waals surface area contributed by atoms with Gasteiger partial charge in [0.15, 0.2) is 0 Å². The van der Waals surface area contributed by atoms with Crippen molar-refractivity contribution in [1.82, 2.24) is 14.5 Å². The van der Waals surface area contributed by atoms with Gasteiger partial charge in [0, 0.05) is 13.6 Å². The van der Waals surface area contributed by atoms with Gasteiger partial charge in [0.1, 0.15) is 17.5 Å². The van der Waals surface area contributed by atoms with Gasteiger partial charge in [-0.2, -0.15) is 0 Å². The molecule has 0 aromatic heterocycles. The summed E-state index contributed by atoms with van der Waals surface area (Å²) in [6, 6.07) is 14.1. The number of carbonyl (C=O) groups excluding carboxylic acids is 3. The molecule has 2 aromatic rings. The average molecular weight is 429 g/mol. The molecular weight excluding hydrogens is 406 g/mol. The standard InChI is InChI=1S/C21H23N3O5S/c1-3-17(20(26)22-2)23(13-15-9-5-4-6-10-15)19(25)14-24-21(27)16-11-7-8-12-18(16)30(24,28)29/h4-12,17H,3,13-14H2,1-2H3,(H,22,26). The predicted molar refractivity (Wildman–Crippen MR) is 110 cm³/mol. The number of hydrogen-bond acceptors (Lipinski definition) is 5. The Labute approximate surface area is 175 Å². The van der Waals surface area contributed by atoms with Crippen molar-refractivity contribution in [2.75, 3.05) is 13.6 Å². The number of rotatable bonds is 7. The largest absolute Gasteiger partial charge is 0.357 e. The maximum atomic E-state index is 13.2. The summed E-state index contributed by atoms with van der Waals surface area (Å²) >= 11 is 0. The molecule has 8 nitrogen and oxygen atoms in total. The fraction of sp³-hybridized carbons (Fsp3) is 0.286. The highest BCUT2D eigenvalue weighted by Crippen LogP contribution is 2.30. The molecule has 3 rings (SSSR count). The summed E-state index contributed by atoms with van der Waals surface area (Å²) in [4.78, 5) is 39.4. The minimum atomic E-state index is -4.12. The van der Waals surface area contributed by atoms with Crippen molar-refractivity contribution in [3.63, 3.8) is 0 Å². The summed E-state index contributed by atoms with van der Waals surface area (Å²) < 4.78 is 26.2. The summed E-state index contributed by atoms with van der Waals surface area (Å²) in [5.74, 6) is -1.73. The molecule has 0 spiro atoms. The van der Waals surface area contributed by atoms with Gasteiger partial charge < -0.3 is 10.2 Å². The van der Waals surface area contributed by atoms with E-state index in [4.69, 9.17) is 0 Å². The molecule has 0 bridgehead atoms. The fourth-order valence-corrected chi connectivity index (χ4v) is 4.99. The van der Waals surface area contributed by atoms with Gasteiger partial charge in [0.05, 0.1) is 5.56 Å². The van der Waals surface area contributed by atoms with Gasteiger partial charge in [-0.3, -0.25) is 14.4 Å². The van der Waals surface area contributed by atoms with E-state index in [0.717, 1.165) is 5.56 Å². The summed E-state index contributed by atoms with van der Waals surface area (Å²) in [6.45, 7) is 1.20. The molecule has 1 atom stereocenters. The zero-order valence-electron chi connectivity index (χ0n) is 16.7. The minimum absolute atomic E-state index is 0.0400. The normalized spacial score (nSPS) is 15.4. The zero-order valence-corrected chi connectivity index (χ0v) is 17.6. The van der Waals surface area contributed by atoms with Gasteiger partial charge in [-0.05, 0) is 24.1 Å². The van der Waals surface area contributed by atoms with Crippen LogP contribution in [0.3, 0.4) is 0 Å². The van der Waals surface area contributed by atoms with E-state index >= 15 is 0 Å². The first-order chi connectivity index (χ1) is 14.3. The number of hydrogen-bond donors (Lipinski definition) is 1. The van der Waals surface area contributed by atoms with Crippen LogP contribution in [0.25, 0.3) is 0 Å². The van der Waals surface area contributed by atoms with Crippen LogP contribution in [0.4, 0.5) is 0 Å². The summed E-state index contributed by atoms with van der Waals surface area (Å²) in [5, 5.41) is 2.54. The first-order valence-electron chi connectivity index (χ1n) is 9.52. The molecule has 30 heavy (non-hydrogen) atoms. The number of amides is 3. The van der Waals surface area contributed by atoms with Crippen LogP contribution in [0, 0.1) is 0 Å². The molecule has 3 amide bonds. The van der Waals surface area contributed by atoms with E-state index in [-0.39, 0.29) is 22.9 Å². The van der Waals surface area contributed by atoms with E-state index in [1.54, 1.807) is 13.0 Å². The Morgan fingerprint density at radius 3 is 2.30 bits per heavy atom. The molecule has 0 saturated heterocycles. The number of nitrogens with zero attached hydrogens (tertiary/aromatic N) is 2. The van der Waals surface area contributed by atoms with Crippen LogP contribution in [0.1, 0.15) is 29.3 Å². The van der Waals surface area contributed by atoms with E-state index in [9.17, 15) is 22.8 Å². The first-order valence-corrected chi connectivity index (χ1v) is 11.0. The van der Waals surface area contributed by atoms with Crippen LogP contribution >= 0.6 is 0 Å². The highest BCUT2D eigenvalue weighted by atomic mass is 32.2. The lowest BCUT2D eigenvalue weighted by molar-refractivity contribution is -0.141. The van der Waals surface area contributed by atoms with Gasteiger partial charge in [0.2, 0.25) is 11.8 Å². The molecular formula is C21H23N3O5S. The fourth-order valence-electron chi connectivity index (χ4n) is 3.47. The second-order valence-corrected chi connectivity index (χ2v) is 8.69. The van der Waals surface area contributed by atoms with Gasteiger partial charge >= 0.3 is 0 Å². The van der Waals surface area contributed by atoms with Gasteiger partial charge in [-0.1, -0.05) is 49.4 Å². The Bertz CT molecular complexity index is 1070. The maximum absolute atomic E-state index is 13.2. The van der Waals surface area contributed by atoms with Crippen molar-refractivity contribution in [3.8, 4) is 0 Å². The van der Waals surface area contributed by atoms with E-state index in [1.165, 1.54) is 30.1 Å². The Balaban J connectivity index is 1.92. The smallest absolute Gasteiger partial charge is 0.269 e. The lowest BCUT2D eigenvalue weighted by Gasteiger charge is -2.31. The van der Waals surface area contributed by atoms with Crippen LogP contribution in [0.5, 0.6) is 0 Å². The monoisotopic (exact) mass is 429 g/mol. The Kier molecular flexibility index (Phi) is 6.21. The second-order valence-electron chi connectivity index (χ2n) is 6.86. The van der Waals surface area contributed by atoms with Gasteiger partial charge in [-0.15, -0.1) is 0 Å². The zero-order chi connectivity index (χ0) is 21.9. The lowest BCUT2D eigenvalue weighted by atomic mass is 10.1. The van der Waals surface area contributed by atoms with Gasteiger partial charge in [-0.25, -0.2) is 12.7 Å². The number of benzene rings is 2. The Hall–Kier alpha value is -3.20. The SMILES string of the molecule is CCC(C(=O)NC)N(Cc1ccccc1)C(=O)CN1C(=O)c2ccccc2S1(=O)=O. The number of fused-ring (bicyclic) bond motifs is 1. The molecule has 0 aliphatic carbocycles. The molecule has 0 radical (unpaired) electrons. The number of likely N-dealkylation sites (N-methyl/N-ethyl adjacent to an activating group) is 1. The molecule has 2 aromatic carbocycles. The Morgan fingerprint density at radius 2 is 1.70 bits per heavy atom.